The minimum absolute atomic E-state index is 0.0559. The number of fused-ring (bicyclic) bond motifs is 1. The van der Waals surface area contributed by atoms with Gasteiger partial charge in [0.15, 0.2) is 0 Å². The summed E-state index contributed by atoms with van der Waals surface area (Å²) in [7, 11) is 0. The van der Waals surface area contributed by atoms with Crippen molar-refractivity contribution in [2.75, 3.05) is 6.54 Å². The van der Waals surface area contributed by atoms with Crippen LogP contribution in [0, 0.1) is 0 Å². The molecule has 1 aliphatic rings. The average Bonchev–Trinajstić information content (AvgIpc) is 3.41. The standard InChI is InChI=1S/C19H20FN5OS/c20-6-13(7-21)10-25-19(26)24(12-23-25)11-17-3-4-18(27-17)14-1-2-15-8-22-9-16(15)5-14/h1-6,12,22H,7-11,21H2/b13-6+. The van der Waals surface area contributed by atoms with Gasteiger partial charge in [0.25, 0.3) is 0 Å². The minimum atomic E-state index is -0.277. The number of nitrogens with zero attached hydrogens (tertiary/aromatic N) is 3. The van der Waals surface area contributed by atoms with Crippen LogP contribution in [-0.2, 0) is 26.2 Å². The second-order valence-electron chi connectivity index (χ2n) is 6.52. The van der Waals surface area contributed by atoms with Crippen molar-refractivity contribution in [2.24, 2.45) is 5.73 Å². The Morgan fingerprint density at radius 2 is 2.15 bits per heavy atom. The van der Waals surface area contributed by atoms with Crippen LogP contribution in [0.25, 0.3) is 10.4 Å². The number of thiophene rings is 1. The summed E-state index contributed by atoms with van der Waals surface area (Å²) in [5.74, 6) is 0. The smallest absolute Gasteiger partial charge is 0.327 e. The molecule has 2 aromatic heterocycles. The molecule has 0 saturated carbocycles. The summed E-state index contributed by atoms with van der Waals surface area (Å²) in [6.45, 7) is 2.40. The van der Waals surface area contributed by atoms with Crippen molar-refractivity contribution in [3.05, 3.63) is 75.1 Å². The summed E-state index contributed by atoms with van der Waals surface area (Å²) >= 11 is 1.66. The lowest BCUT2D eigenvalue weighted by molar-refractivity contribution is 0.604. The van der Waals surface area contributed by atoms with Crippen LogP contribution in [0.15, 0.2) is 53.4 Å². The quantitative estimate of drug-likeness (QED) is 0.682. The first-order valence-corrected chi connectivity index (χ1v) is 9.51. The summed E-state index contributed by atoms with van der Waals surface area (Å²) in [6.07, 6.45) is 1.91. The van der Waals surface area contributed by atoms with E-state index in [9.17, 15) is 9.18 Å². The lowest BCUT2D eigenvalue weighted by Gasteiger charge is -2.02. The zero-order valence-corrected chi connectivity index (χ0v) is 15.5. The van der Waals surface area contributed by atoms with Gasteiger partial charge in [0.1, 0.15) is 6.33 Å². The first-order valence-electron chi connectivity index (χ1n) is 8.70. The van der Waals surface area contributed by atoms with E-state index in [1.807, 2.05) is 6.07 Å². The largest absolute Gasteiger partial charge is 0.346 e. The van der Waals surface area contributed by atoms with Gasteiger partial charge in [0.05, 0.1) is 19.4 Å². The van der Waals surface area contributed by atoms with Crippen LogP contribution in [-0.4, -0.2) is 20.9 Å². The van der Waals surface area contributed by atoms with E-state index in [-0.39, 0.29) is 18.8 Å². The highest BCUT2D eigenvalue weighted by molar-refractivity contribution is 7.15. The molecule has 0 fully saturated rings. The van der Waals surface area contributed by atoms with Gasteiger partial charge in [-0.2, -0.15) is 5.10 Å². The van der Waals surface area contributed by atoms with Crippen molar-refractivity contribution in [2.45, 2.75) is 26.2 Å². The van der Waals surface area contributed by atoms with Gasteiger partial charge in [-0.25, -0.2) is 13.9 Å². The van der Waals surface area contributed by atoms with E-state index in [4.69, 9.17) is 5.73 Å². The van der Waals surface area contributed by atoms with Crippen LogP contribution in [0.5, 0.6) is 0 Å². The molecule has 4 rings (SSSR count). The SMILES string of the molecule is NC/C(=C\F)Cn1ncn(Cc2ccc(-c3ccc4c(c3)CNC4)s2)c1=O. The fourth-order valence-electron chi connectivity index (χ4n) is 3.16. The third kappa shape index (κ3) is 3.64. The molecular formula is C19H20FN5OS. The van der Waals surface area contributed by atoms with E-state index in [1.54, 1.807) is 11.3 Å². The van der Waals surface area contributed by atoms with Crippen LogP contribution in [0.4, 0.5) is 4.39 Å². The van der Waals surface area contributed by atoms with E-state index in [0.717, 1.165) is 18.0 Å². The Morgan fingerprint density at radius 3 is 2.96 bits per heavy atom. The van der Waals surface area contributed by atoms with Crippen LogP contribution in [0.2, 0.25) is 0 Å². The maximum absolute atomic E-state index is 12.7. The lowest BCUT2D eigenvalue weighted by atomic mass is 10.1. The Morgan fingerprint density at radius 1 is 1.30 bits per heavy atom. The lowest BCUT2D eigenvalue weighted by Crippen LogP contribution is -2.26. The van der Waals surface area contributed by atoms with Gasteiger partial charge in [0.2, 0.25) is 0 Å². The molecule has 140 valence electrons. The predicted molar refractivity (Wildman–Crippen MR) is 104 cm³/mol. The molecule has 3 N–H and O–H groups in total. The van der Waals surface area contributed by atoms with Crippen molar-refractivity contribution < 1.29 is 4.39 Å². The molecule has 1 aliphatic heterocycles. The van der Waals surface area contributed by atoms with Crippen LogP contribution in [0.1, 0.15) is 16.0 Å². The minimum Gasteiger partial charge on any atom is -0.327 e. The van der Waals surface area contributed by atoms with Crippen molar-refractivity contribution >= 4 is 11.3 Å². The molecule has 0 amide bonds. The van der Waals surface area contributed by atoms with Gasteiger partial charge < -0.3 is 11.1 Å². The molecule has 0 atom stereocenters. The van der Waals surface area contributed by atoms with Gasteiger partial charge in [-0.05, 0) is 40.5 Å². The van der Waals surface area contributed by atoms with Crippen LogP contribution in [0.3, 0.4) is 0 Å². The van der Waals surface area contributed by atoms with Gasteiger partial charge >= 0.3 is 5.69 Å². The second-order valence-corrected chi connectivity index (χ2v) is 7.69. The van der Waals surface area contributed by atoms with Gasteiger partial charge in [-0.15, -0.1) is 11.3 Å². The number of nitrogens with two attached hydrogens (primary N) is 1. The highest BCUT2D eigenvalue weighted by atomic mass is 32.1. The van der Waals surface area contributed by atoms with Crippen LogP contribution >= 0.6 is 11.3 Å². The molecule has 27 heavy (non-hydrogen) atoms. The number of hydrogen-bond donors (Lipinski definition) is 2. The van der Waals surface area contributed by atoms with Crippen molar-refractivity contribution in [3.8, 4) is 10.4 Å². The highest BCUT2D eigenvalue weighted by Crippen LogP contribution is 2.31. The van der Waals surface area contributed by atoms with Crippen molar-refractivity contribution in [3.63, 3.8) is 0 Å². The third-order valence-corrected chi connectivity index (χ3v) is 5.79. The Kier molecular flexibility index (Phi) is 5.02. The Bertz CT molecular complexity index is 1050. The molecule has 0 spiro atoms. The molecule has 0 saturated heterocycles. The summed E-state index contributed by atoms with van der Waals surface area (Å²) < 4.78 is 15.4. The molecule has 6 nitrogen and oxygen atoms in total. The van der Waals surface area contributed by atoms with E-state index in [1.165, 1.54) is 37.1 Å². The molecule has 3 heterocycles. The third-order valence-electron chi connectivity index (χ3n) is 4.68. The molecule has 0 radical (unpaired) electrons. The molecule has 0 aliphatic carbocycles. The molecule has 3 aromatic rings. The maximum Gasteiger partial charge on any atom is 0.346 e. The number of nitrogens with one attached hydrogen (secondary N) is 1. The Hall–Kier alpha value is -2.55. The molecule has 0 bridgehead atoms. The summed E-state index contributed by atoms with van der Waals surface area (Å²) in [6, 6.07) is 10.7. The summed E-state index contributed by atoms with van der Waals surface area (Å²) in [4.78, 5) is 14.6. The molecule has 8 heteroatoms. The summed E-state index contributed by atoms with van der Waals surface area (Å²) in [5, 5.41) is 7.41. The van der Waals surface area contributed by atoms with Gasteiger partial charge in [0, 0.05) is 29.4 Å². The highest BCUT2D eigenvalue weighted by Gasteiger charge is 2.13. The summed E-state index contributed by atoms with van der Waals surface area (Å²) in [5.41, 5.74) is 9.38. The van der Waals surface area contributed by atoms with Crippen molar-refractivity contribution in [1.82, 2.24) is 19.7 Å². The van der Waals surface area contributed by atoms with Gasteiger partial charge in [-0.1, -0.05) is 12.1 Å². The number of hydrogen-bond acceptors (Lipinski definition) is 5. The number of halogens is 1. The molecular weight excluding hydrogens is 365 g/mol. The van der Waals surface area contributed by atoms with Crippen LogP contribution < -0.4 is 16.7 Å². The number of rotatable bonds is 6. The first-order chi connectivity index (χ1) is 13.2. The maximum atomic E-state index is 12.7. The fourth-order valence-corrected chi connectivity index (χ4v) is 4.16. The van der Waals surface area contributed by atoms with E-state index in [2.05, 4.69) is 34.7 Å². The Balaban J connectivity index is 1.52. The second kappa shape index (κ2) is 7.59. The number of aromatic nitrogens is 3. The molecule has 1 aromatic carbocycles. The fraction of sp³-hybridized carbons (Fsp3) is 0.263. The zero-order chi connectivity index (χ0) is 18.8. The topological polar surface area (TPSA) is 77.9 Å². The van der Waals surface area contributed by atoms with Crippen molar-refractivity contribution in [1.29, 1.82) is 0 Å². The van der Waals surface area contributed by atoms with Gasteiger partial charge in [-0.3, -0.25) is 4.57 Å². The predicted octanol–water partition coefficient (Wildman–Crippen LogP) is 2.24. The monoisotopic (exact) mass is 385 g/mol. The number of benzene rings is 1. The first kappa shape index (κ1) is 17.8. The molecule has 0 unspecified atom stereocenters. The normalized spacial score (nSPS) is 13.9. The van der Waals surface area contributed by atoms with E-state index in [0.29, 0.717) is 18.4 Å². The Labute approximate surface area is 159 Å². The van der Waals surface area contributed by atoms with E-state index >= 15 is 0 Å². The zero-order valence-electron chi connectivity index (χ0n) is 14.7. The average molecular weight is 385 g/mol. The van der Waals surface area contributed by atoms with E-state index < -0.39 is 0 Å².